The Kier molecular flexibility index (Phi) is 5.95. The lowest BCUT2D eigenvalue weighted by Gasteiger charge is -2.15. The van der Waals surface area contributed by atoms with Gasteiger partial charge in [0.1, 0.15) is 5.04 Å². The topological polar surface area (TPSA) is 38.4 Å². The van der Waals surface area contributed by atoms with E-state index in [0.29, 0.717) is 0 Å². The normalized spacial score (nSPS) is 11.8. The second-order valence-corrected chi connectivity index (χ2v) is 8.18. The molecule has 0 radical (unpaired) electrons. The van der Waals surface area contributed by atoms with Crippen LogP contribution < -0.4 is 5.73 Å². The Hall–Kier alpha value is -2.52. The minimum Gasteiger partial charge on any atom is -0.398 e. The summed E-state index contributed by atoms with van der Waals surface area (Å²) in [6, 6.07) is 15.0. The Morgan fingerprint density at radius 2 is 1.75 bits per heavy atom. The number of allylic oxidation sites excluding steroid dienone is 1. The zero-order valence-electron chi connectivity index (χ0n) is 17.4. The summed E-state index contributed by atoms with van der Waals surface area (Å²) in [4.78, 5) is 4.88. The molecule has 0 fully saturated rings. The molecule has 0 aliphatic heterocycles. The Morgan fingerprint density at radius 1 is 1.00 bits per heavy atom. The molecule has 3 aromatic rings. The summed E-state index contributed by atoms with van der Waals surface area (Å²) in [7, 11) is 0. The minimum absolute atomic E-state index is 0.732. The number of hydrogen-bond donors (Lipinski definition) is 1. The maximum atomic E-state index is 6.10. The smallest absolute Gasteiger partial charge is 0.103 e. The molecule has 3 aromatic carbocycles. The van der Waals surface area contributed by atoms with Crippen LogP contribution in [0.4, 0.5) is 5.69 Å². The number of aliphatic imine (C=N–C) groups is 1. The van der Waals surface area contributed by atoms with Gasteiger partial charge in [-0.1, -0.05) is 36.9 Å². The van der Waals surface area contributed by atoms with E-state index in [1.807, 2.05) is 0 Å². The van der Waals surface area contributed by atoms with Gasteiger partial charge < -0.3 is 5.73 Å². The number of fused-ring (bicyclic) bond motifs is 1. The van der Waals surface area contributed by atoms with Gasteiger partial charge in [-0.25, -0.2) is 4.99 Å². The van der Waals surface area contributed by atoms with Crippen molar-refractivity contribution in [3.05, 3.63) is 88.1 Å². The molecule has 0 aliphatic carbocycles. The molecule has 0 saturated heterocycles. The molecule has 2 nitrogen and oxygen atoms in total. The number of rotatable bonds is 4. The van der Waals surface area contributed by atoms with Crippen LogP contribution in [0.15, 0.2) is 59.7 Å². The maximum absolute atomic E-state index is 6.10. The van der Waals surface area contributed by atoms with E-state index in [-0.39, 0.29) is 0 Å². The van der Waals surface area contributed by atoms with E-state index < -0.39 is 0 Å². The zero-order chi connectivity index (χ0) is 20.4. The van der Waals surface area contributed by atoms with Crippen molar-refractivity contribution in [2.45, 2.75) is 34.1 Å². The Morgan fingerprint density at radius 3 is 2.46 bits per heavy atom. The number of anilines is 1. The minimum atomic E-state index is 0.732. The van der Waals surface area contributed by atoms with Crippen molar-refractivity contribution in [3.63, 3.8) is 0 Å². The Balaban J connectivity index is 1.93. The van der Waals surface area contributed by atoms with Gasteiger partial charge in [0.15, 0.2) is 0 Å². The quantitative estimate of drug-likeness (QED) is 0.314. The van der Waals surface area contributed by atoms with E-state index in [4.69, 9.17) is 10.7 Å². The van der Waals surface area contributed by atoms with Crippen molar-refractivity contribution in [3.8, 4) is 0 Å². The van der Waals surface area contributed by atoms with Crippen molar-refractivity contribution in [1.29, 1.82) is 0 Å². The molecular weight excluding hydrogens is 360 g/mol. The number of nitrogen functional groups attached to an aromatic ring is 1. The molecule has 0 unspecified atom stereocenters. The lowest BCUT2D eigenvalue weighted by molar-refractivity contribution is 1.06. The van der Waals surface area contributed by atoms with Crippen LogP contribution >= 0.6 is 11.8 Å². The lowest BCUT2D eigenvalue weighted by atomic mass is 9.94. The van der Waals surface area contributed by atoms with Crippen molar-refractivity contribution >= 4 is 33.3 Å². The van der Waals surface area contributed by atoms with Crippen LogP contribution in [-0.4, -0.2) is 11.3 Å². The highest BCUT2D eigenvalue weighted by atomic mass is 32.2. The Labute approximate surface area is 172 Å². The highest BCUT2D eigenvalue weighted by Gasteiger charge is 2.11. The van der Waals surface area contributed by atoms with Crippen molar-refractivity contribution in [1.82, 2.24) is 0 Å². The number of aryl methyl sites for hydroxylation is 2. The lowest BCUT2D eigenvalue weighted by Crippen LogP contribution is -2.03. The molecule has 144 valence electrons. The largest absolute Gasteiger partial charge is 0.398 e. The van der Waals surface area contributed by atoms with Gasteiger partial charge in [-0.2, -0.15) is 0 Å². The van der Waals surface area contributed by atoms with Crippen LogP contribution in [-0.2, 0) is 6.42 Å². The predicted octanol–water partition coefficient (Wildman–Crippen LogP) is 6.52. The molecule has 0 heterocycles. The summed E-state index contributed by atoms with van der Waals surface area (Å²) in [6.45, 7) is 12.7. The van der Waals surface area contributed by atoms with Crippen LogP contribution in [0.2, 0.25) is 0 Å². The van der Waals surface area contributed by atoms with Crippen molar-refractivity contribution < 1.29 is 0 Å². The first-order valence-corrected chi connectivity index (χ1v) is 10.7. The molecule has 3 heteroatoms. The van der Waals surface area contributed by atoms with E-state index in [1.54, 1.807) is 11.8 Å². The SMILES string of the molecule is C=C(Cc1c(C)cc(N)c(C)c1C)N=C(SC)c1ccc2c(C)cccc2c1. The molecule has 0 aromatic heterocycles. The fourth-order valence-electron chi connectivity index (χ4n) is 3.63. The van der Waals surface area contributed by atoms with E-state index in [9.17, 15) is 0 Å². The third kappa shape index (κ3) is 4.00. The molecule has 3 rings (SSSR count). The van der Waals surface area contributed by atoms with E-state index in [0.717, 1.165) is 34.0 Å². The van der Waals surface area contributed by atoms with Gasteiger partial charge in [0.2, 0.25) is 0 Å². The summed E-state index contributed by atoms with van der Waals surface area (Å²) in [5, 5.41) is 3.52. The molecule has 0 aliphatic rings. The molecule has 0 spiro atoms. The van der Waals surface area contributed by atoms with E-state index in [1.165, 1.54) is 33.0 Å². The summed E-state index contributed by atoms with van der Waals surface area (Å²) >= 11 is 1.66. The number of hydrogen-bond acceptors (Lipinski definition) is 3. The zero-order valence-corrected chi connectivity index (χ0v) is 18.2. The molecule has 0 saturated carbocycles. The van der Waals surface area contributed by atoms with Crippen molar-refractivity contribution in [2.75, 3.05) is 12.0 Å². The van der Waals surface area contributed by atoms with Gasteiger partial charge in [0.25, 0.3) is 0 Å². The van der Waals surface area contributed by atoms with Crippen LogP contribution in [0.25, 0.3) is 10.8 Å². The van der Waals surface area contributed by atoms with Crippen molar-refractivity contribution in [2.24, 2.45) is 4.99 Å². The van der Waals surface area contributed by atoms with Crippen LogP contribution in [0, 0.1) is 27.7 Å². The van der Waals surface area contributed by atoms with E-state index in [2.05, 4.69) is 83.0 Å². The van der Waals surface area contributed by atoms with Crippen LogP contribution in [0.3, 0.4) is 0 Å². The monoisotopic (exact) mass is 388 g/mol. The number of thioether (sulfide) groups is 1. The predicted molar refractivity (Wildman–Crippen MR) is 127 cm³/mol. The van der Waals surface area contributed by atoms with Crippen LogP contribution in [0.1, 0.15) is 33.4 Å². The average molecular weight is 389 g/mol. The number of benzene rings is 3. The second-order valence-electron chi connectivity index (χ2n) is 7.39. The van der Waals surface area contributed by atoms with Gasteiger partial charge in [-0.05, 0) is 84.7 Å². The molecule has 0 amide bonds. The first kappa shape index (κ1) is 20.2. The van der Waals surface area contributed by atoms with Gasteiger partial charge in [0.05, 0.1) is 0 Å². The van der Waals surface area contributed by atoms with Gasteiger partial charge in [0, 0.05) is 23.4 Å². The standard InChI is InChI=1S/C25H28N2S/c1-15-8-7-9-20-14-21(10-11-22(15)20)25(28-6)27-17(3)13-23-16(2)12-24(26)19(5)18(23)4/h7-12,14H,3,13,26H2,1-2,4-6H3. The molecule has 0 atom stereocenters. The summed E-state index contributed by atoms with van der Waals surface area (Å²) < 4.78 is 0. The summed E-state index contributed by atoms with van der Waals surface area (Å²) in [5.74, 6) is 0. The average Bonchev–Trinajstić information content (AvgIpc) is 2.67. The highest BCUT2D eigenvalue weighted by molar-refractivity contribution is 8.13. The van der Waals surface area contributed by atoms with Crippen LogP contribution in [0.5, 0.6) is 0 Å². The van der Waals surface area contributed by atoms with Gasteiger partial charge >= 0.3 is 0 Å². The third-order valence-corrected chi connectivity index (χ3v) is 6.19. The third-order valence-electron chi connectivity index (χ3n) is 5.48. The molecule has 2 N–H and O–H groups in total. The summed E-state index contributed by atoms with van der Waals surface area (Å²) in [5.41, 5.74) is 15.1. The molecule has 28 heavy (non-hydrogen) atoms. The molecule has 0 bridgehead atoms. The molecular formula is C25H28N2S. The fourth-order valence-corrected chi connectivity index (χ4v) is 4.22. The van der Waals surface area contributed by atoms with Gasteiger partial charge in [-0.3, -0.25) is 0 Å². The Bertz CT molecular complexity index is 1090. The summed E-state index contributed by atoms with van der Waals surface area (Å²) in [6.07, 6.45) is 2.80. The second kappa shape index (κ2) is 8.24. The van der Waals surface area contributed by atoms with Gasteiger partial charge in [-0.15, -0.1) is 11.8 Å². The first-order valence-electron chi connectivity index (χ1n) is 9.47. The fraction of sp³-hybridized carbons (Fsp3) is 0.240. The number of nitrogens with zero attached hydrogens (tertiary/aromatic N) is 1. The highest BCUT2D eigenvalue weighted by Crippen LogP contribution is 2.27. The van der Waals surface area contributed by atoms with E-state index >= 15 is 0 Å². The first-order chi connectivity index (χ1) is 13.3. The maximum Gasteiger partial charge on any atom is 0.103 e. The number of nitrogens with two attached hydrogens (primary N) is 1.